The van der Waals surface area contributed by atoms with E-state index in [9.17, 15) is 0 Å². The van der Waals surface area contributed by atoms with Gasteiger partial charge in [0.2, 0.25) is 0 Å². The summed E-state index contributed by atoms with van der Waals surface area (Å²) in [5, 5.41) is 6.30. The first-order valence-electron chi connectivity index (χ1n) is 15.6. The summed E-state index contributed by atoms with van der Waals surface area (Å²) in [4.78, 5) is 0. The van der Waals surface area contributed by atoms with Crippen LogP contribution in [0.15, 0.2) is 127 Å². The minimum absolute atomic E-state index is 0.00685. The lowest BCUT2D eigenvalue weighted by Crippen LogP contribution is -2.32. The van der Waals surface area contributed by atoms with E-state index >= 15 is 0 Å². The van der Waals surface area contributed by atoms with Crippen LogP contribution in [0.5, 0.6) is 0 Å². The molecule has 2 atom stereocenters. The molecule has 0 bridgehead atoms. The van der Waals surface area contributed by atoms with Gasteiger partial charge in [0.1, 0.15) is 0 Å². The van der Waals surface area contributed by atoms with E-state index in [4.69, 9.17) is 0 Å². The van der Waals surface area contributed by atoms with Gasteiger partial charge in [0, 0.05) is 27.6 Å². The van der Waals surface area contributed by atoms with Crippen molar-refractivity contribution < 1.29 is 0 Å². The Balaban J connectivity index is 1.18. The van der Waals surface area contributed by atoms with Crippen LogP contribution < -0.4 is 5.32 Å². The van der Waals surface area contributed by atoms with Crippen molar-refractivity contribution in [2.24, 2.45) is 5.92 Å². The molecule has 0 amide bonds. The summed E-state index contributed by atoms with van der Waals surface area (Å²) in [6.07, 6.45) is 13.8. The number of rotatable bonds is 4. The predicted octanol–water partition coefficient (Wildman–Crippen LogP) is 10.6. The highest BCUT2D eigenvalue weighted by molar-refractivity contribution is 6.10. The van der Waals surface area contributed by atoms with E-state index in [-0.39, 0.29) is 11.0 Å². The number of aromatic nitrogens is 1. The molecule has 4 aromatic carbocycles. The Kier molecular flexibility index (Phi) is 5.75. The molecule has 8 rings (SSSR count). The maximum absolute atomic E-state index is 3.70. The Morgan fingerprint density at radius 2 is 1.58 bits per heavy atom. The van der Waals surface area contributed by atoms with Gasteiger partial charge in [-0.25, -0.2) is 0 Å². The molecule has 1 heterocycles. The van der Waals surface area contributed by atoms with E-state index in [2.05, 4.69) is 159 Å². The lowest BCUT2D eigenvalue weighted by molar-refractivity contribution is 0.642. The largest absolute Gasteiger partial charge is 0.376 e. The van der Waals surface area contributed by atoms with Crippen molar-refractivity contribution in [3.05, 3.63) is 144 Å². The second-order valence-electron chi connectivity index (χ2n) is 13.5. The Morgan fingerprint density at radius 1 is 0.791 bits per heavy atom. The van der Waals surface area contributed by atoms with Crippen LogP contribution in [-0.2, 0) is 5.41 Å². The van der Waals surface area contributed by atoms with E-state index in [1.54, 1.807) is 0 Å². The quantitative estimate of drug-likeness (QED) is 0.232. The van der Waals surface area contributed by atoms with Crippen LogP contribution in [0.4, 0.5) is 5.69 Å². The summed E-state index contributed by atoms with van der Waals surface area (Å²) in [5.74, 6) is 0.592. The summed E-state index contributed by atoms with van der Waals surface area (Å²) < 4.78 is 2.46. The third-order valence-electron chi connectivity index (χ3n) is 9.96. The Bertz CT molecular complexity index is 2050. The van der Waals surface area contributed by atoms with Gasteiger partial charge >= 0.3 is 0 Å². The van der Waals surface area contributed by atoms with Crippen molar-refractivity contribution in [3.8, 4) is 5.69 Å². The summed E-state index contributed by atoms with van der Waals surface area (Å²) in [6, 6.07) is 33.5. The second-order valence-corrected chi connectivity index (χ2v) is 13.5. The first-order valence-corrected chi connectivity index (χ1v) is 15.6. The first-order chi connectivity index (χ1) is 20.8. The summed E-state index contributed by atoms with van der Waals surface area (Å²) >= 11 is 0. The van der Waals surface area contributed by atoms with Crippen LogP contribution >= 0.6 is 0 Å². The van der Waals surface area contributed by atoms with E-state index in [1.807, 2.05) is 0 Å². The van der Waals surface area contributed by atoms with Gasteiger partial charge in [-0.2, -0.15) is 0 Å². The number of hydrogen-bond acceptors (Lipinski definition) is 1. The molecule has 0 saturated carbocycles. The zero-order valence-corrected chi connectivity index (χ0v) is 25.5. The van der Waals surface area contributed by atoms with Crippen LogP contribution in [0, 0.1) is 5.92 Å². The van der Waals surface area contributed by atoms with Crippen molar-refractivity contribution in [2.45, 2.75) is 51.5 Å². The Morgan fingerprint density at radius 3 is 2.40 bits per heavy atom. The van der Waals surface area contributed by atoms with Crippen LogP contribution in [0.2, 0.25) is 0 Å². The van der Waals surface area contributed by atoms with Crippen molar-refractivity contribution >= 4 is 38.6 Å². The standard InChI is InChI=1S/C41H38N2/c1-27-14-18-36-34(24-27)32-17-16-31(26-37(32)40(36,2)3)43-38-13-9-8-12-33(38)35-25-29(15-19-39(35)43)28-20-22-41(4,23-21-28)42-30-10-6-5-7-11-30/h5-22,25-27,42H,23-24H2,1-4H3. The van der Waals surface area contributed by atoms with Gasteiger partial charge in [-0.05, 0) is 102 Å². The molecule has 43 heavy (non-hydrogen) atoms. The fourth-order valence-corrected chi connectivity index (χ4v) is 7.62. The third-order valence-corrected chi connectivity index (χ3v) is 9.96. The fraction of sp³-hybridized carbons (Fsp3) is 0.220. The molecule has 2 heteroatoms. The van der Waals surface area contributed by atoms with E-state index in [0.717, 1.165) is 18.5 Å². The molecule has 0 radical (unpaired) electrons. The van der Waals surface area contributed by atoms with Gasteiger partial charge in [0.05, 0.1) is 16.6 Å². The highest BCUT2D eigenvalue weighted by Gasteiger charge is 2.38. The zero-order chi connectivity index (χ0) is 29.3. The molecule has 212 valence electrons. The predicted molar refractivity (Wildman–Crippen MR) is 184 cm³/mol. The Hall–Kier alpha value is -4.56. The molecule has 2 unspecified atom stereocenters. The summed E-state index contributed by atoms with van der Waals surface area (Å²) in [6.45, 7) is 9.37. The maximum Gasteiger partial charge on any atom is 0.0566 e. The van der Waals surface area contributed by atoms with Gasteiger partial charge in [-0.3, -0.25) is 0 Å². The molecule has 0 saturated heterocycles. The molecule has 3 aliphatic rings. The van der Waals surface area contributed by atoms with E-state index < -0.39 is 0 Å². The van der Waals surface area contributed by atoms with Crippen molar-refractivity contribution in [1.29, 1.82) is 0 Å². The van der Waals surface area contributed by atoms with Crippen molar-refractivity contribution in [2.75, 3.05) is 5.32 Å². The minimum atomic E-state index is -0.103. The van der Waals surface area contributed by atoms with Crippen LogP contribution in [-0.4, -0.2) is 10.1 Å². The molecule has 2 nitrogen and oxygen atoms in total. The molecule has 0 fully saturated rings. The van der Waals surface area contributed by atoms with Gasteiger partial charge in [-0.15, -0.1) is 0 Å². The molecular formula is C41H38N2. The number of nitrogens with zero attached hydrogens (tertiary/aromatic N) is 1. The van der Waals surface area contributed by atoms with Gasteiger partial charge in [0.25, 0.3) is 0 Å². The summed E-state index contributed by atoms with van der Waals surface area (Å²) in [7, 11) is 0. The normalized spacial score (nSPS) is 22.1. The maximum atomic E-state index is 3.70. The lowest BCUT2D eigenvalue weighted by atomic mass is 9.79. The van der Waals surface area contributed by atoms with E-state index in [0.29, 0.717) is 5.92 Å². The van der Waals surface area contributed by atoms with Crippen molar-refractivity contribution in [3.63, 3.8) is 0 Å². The van der Waals surface area contributed by atoms with Crippen LogP contribution in [0.1, 0.15) is 57.2 Å². The number of fused-ring (bicyclic) bond motifs is 5. The third kappa shape index (κ3) is 4.15. The average Bonchev–Trinajstić information content (AvgIpc) is 3.45. The lowest BCUT2D eigenvalue weighted by Gasteiger charge is -2.30. The van der Waals surface area contributed by atoms with Crippen molar-refractivity contribution in [1.82, 2.24) is 4.57 Å². The van der Waals surface area contributed by atoms with Gasteiger partial charge in [-0.1, -0.05) is 99.7 Å². The number of para-hydroxylation sites is 2. The van der Waals surface area contributed by atoms with Crippen LogP contribution in [0.25, 0.3) is 38.6 Å². The number of benzene rings is 4. The second kappa shape index (κ2) is 9.47. The minimum Gasteiger partial charge on any atom is -0.376 e. The smallest absolute Gasteiger partial charge is 0.0566 e. The number of anilines is 1. The van der Waals surface area contributed by atoms with Crippen LogP contribution in [0.3, 0.4) is 0 Å². The highest BCUT2D eigenvalue weighted by Crippen LogP contribution is 2.51. The highest BCUT2D eigenvalue weighted by atomic mass is 15.0. The fourth-order valence-electron chi connectivity index (χ4n) is 7.62. The topological polar surface area (TPSA) is 17.0 Å². The number of hydrogen-bond donors (Lipinski definition) is 1. The molecular weight excluding hydrogens is 520 g/mol. The number of allylic oxidation sites excluding steroid dienone is 6. The number of nitrogens with one attached hydrogen (secondary N) is 1. The monoisotopic (exact) mass is 558 g/mol. The van der Waals surface area contributed by atoms with E-state index in [1.165, 1.54) is 60.9 Å². The molecule has 0 spiro atoms. The molecule has 1 aromatic heterocycles. The van der Waals surface area contributed by atoms with Gasteiger partial charge < -0.3 is 9.88 Å². The average molecular weight is 559 g/mol. The molecule has 0 aliphatic heterocycles. The molecule has 1 N–H and O–H groups in total. The first kappa shape index (κ1) is 26.1. The summed E-state index contributed by atoms with van der Waals surface area (Å²) in [5.41, 5.74) is 13.3. The zero-order valence-electron chi connectivity index (χ0n) is 25.5. The molecule has 5 aromatic rings. The van der Waals surface area contributed by atoms with Gasteiger partial charge in [0.15, 0.2) is 0 Å². The molecule has 3 aliphatic carbocycles. The Labute approximate surface area is 254 Å². The SMILES string of the molecule is CC1C=CC2=C(C1)c1ccc(-n3c4ccccc4c4cc(C5=CCC(C)(Nc6ccccc6)C=C5)ccc43)cc1C2(C)C.